The van der Waals surface area contributed by atoms with Gasteiger partial charge in [-0.2, -0.15) is 0 Å². The summed E-state index contributed by atoms with van der Waals surface area (Å²) in [6.45, 7) is 1.67. The van der Waals surface area contributed by atoms with E-state index in [0.29, 0.717) is 6.42 Å². The van der Waals surface area contributed by atoms with E-state index in [1.165, 1.54) is 10.5 Å². The fourth-order valence-corrected chi connectivity index (χ4v) is 7.07. The normalized spacial score (nSPS) is 19.8. The highest BCUT2D eigenvalue weighted by Gasteiger charge is 2.40. The Labute approximate surface area is 321 Å². The summed E-state index contributed by atoms with van der Waals surface area (Å²) < 4.78 is 18.4. The van der Waals surface area contributed by atoms with E-state index >= 15 is 0 Å². The predicted octanol–water partition coefficient (Wildman–Crippen LogP) is 7.08. The van der Waals surface area contributed by atoms with Crippen molar-refractivity contribution in [1.82, 2.24) is 15.1 Å². The third kappa shape index (κ3) is 9.72. The van der Waals surface area contributed by atoms with Crippen LogP contribution in [0.2, 0.25) is 0 Å². The molecule has 4 atom stereocenters. The van der Waals surface area contributed by atoms with Crippen LogP contribution in [0.1, 0.15) is 58.6 Å². The van der Waals surface area contributed by atoms with Gasteiger partial charge in [0.2, 0.25) is 5.91 Å². The molecule has 2 aliphatic rings. The standard InChI is InChI=1S/C45H45N3O7/c1-47(26-31-9-4-2-5-10-31)28-39-24-41(36-17-15-32(29-49)16-18-36)55-44(54-39)37-21-19-35(20-22-37)38-14-8-13-34(23-38)27-48-42(50)25-40(43(48)51)46-45(52)53-30-33-11-6-3-7-12-33/h2-23,39-41,44,49H,24-30H2,1H3,(H,46,52). The first-order valence-electron chi connectivity index (χ1n) is 18.5. The number of carbonyl (C=O) groups excluding carboxylic acids is 3. The summed E-state index contributed by atoms with van der Waals surface area (Å²) in [5.74, 6) is -0.816. The van der Waals surface area contributed by atoms with Crippen molar-refractivity contribution < 1.29 is 33.7 Å². The SMILES string of the molecule is CN(Cc1ccccc1)CC1CC(c2ccc(CO)cc2)OC(c2ccc(-c3cccc(CN4C(=O)CC(NC(=O)OCc5ccccc5)C4=O)c3)cc2)O1. The number of likely N-dealkylation sites (N-methyl/N-ethyl adjacent to an activating group) is 1. The monoisotopic (exact) mass is 739 g/mol. The van der Waals surface area contributed by atoms with E-state index in [-0.39, 0.29) is 44.3 Å². The second kappa shape index (κ2) is 17.7. The molecule has 2 N–H and O–H groups in total. The van der Waals surface area contributed by atoms with Crippen molar-refractivity contribution in [3.05, 3.63) is 167 Å². The Bertz CT molecular complexity index is 2060. The van der Waals surface area contributed by atoms with Gasteiger partial charge in [-0.15, -0.1) is 0 Å². The van der Waals surface area contributed by atoms with Gasteiger partial charge in [0.05, 0.1) is 31.8 Å². The lowest BCUT2D eigenvalue weighted by atomic mass is 9.99. The Balaban J connectivity index is 1.00. The summed E-state index contributed by atoms with van der Waals surface area (Å²) in [6.07, 6.45) is -1.04. The van der Waals surface area contributed by atoms with Crippen LogP contribution in [-0.2, 0) is 50.1 Å². The number of nitrogens with zero attached hydrogens (tertiary/aromatic N) is 2. The van der Waals surface area contributed by atoms with Crippen LogP contribution in [0, 0.1) is 0 Å². The van der Waals surface area contributed by atoms with Crippen molar-refractivity contribution in [2.24, 2.45) is 0 Å². The maximum Gasteiger partial charge on any atom is 0.408 e. The number of hydrogen-bond acceptors (Lipinski definition) is 8. The average molecular weight is 740 g/mol. The average Bonchev–Trinajstić information content (AvgIpc) is 3.47. The van der Waals surface area contributed by atoms with Gasteiger partial charge < -0.3 is 24.6 Å². The molecule has 7 rings (SSSR count). The van der Waals surface area contributed by atoms with Crippen molar-refractivity contribution in [2.75, 3.05) is 13.6 Å². The molecule has 0 aromatic heterocycles. The van der Waals surface area contributed by atoms with Crippen molar-refractivity contribution in [3.63, 3.8) is 0 Å². The Morgan fingerprint density at radius 3 is 2.16 bits per heavy atom. The summed E-state index contributed by atoms with van der Waals surface area (Å²) in [5, 5.41) is 12.1. The Kier molecular flexibility index (Phi) is 12.1. The van der Waals surface area contributed by atoms with Crippen LogP contribution >= 0.6 is 0 Å². The number of aliphatic hydroxyl groups is 1. The second-order valence-electron chi connectivity index (χ2n) is 14.1. The molecular formula is C45H45N3O7. The number of carbonyl (C=O) groups is 3. The summed E-state index contributed by atoms with van der Waals surface area (Å²) in [6, 6.07) is 42.3. The largest absolute Gasteiger partial charge is 0.445 e. The van der Waals surface area contributed by atoms with Gasteiger partial charge in [0.25, 0.3) is 5.91 Å². The van der Waals surface area contributed by atoms with Crippen LogP contribution in [0.15, 0.2) is 133 Å². The van der Waals surface area contributed by atoms with Gasteiger partial charge in [-0.05, 0) is 52.1 Å². The third-order valence-corrected chi connectivity index (χ3v) is 9.96. The molecule has 282 valence electrons. The molecule has 0 spiro atoms. The molecule has 55 heavy (non-hydrogen) atoms. The highest BCUT2D eigenvalue weighted by molar-refractivity contribution is 6.06. The van der Waals surface area contributed by atoms with E-state index in [1.807, 2.05) is 109 Å². The third-order valence-electron chi connectivity index (χ3n) is 9.96. The first kappa shape index (κ1) is 37.7. The predicted molar refractivity (Wildman–Crippen MR) is 207 cm³/mol. The molecule has 0 aliphatic carbocycles. The maximum absolute atomic E-state index is 13.2. The summed E-state index contributed by atoms with van der Waals surface area (Å²) in [7, 11) is 2.10. The van der Waals surface area contributed by atoms with Crippen molar-refractivity contribution in [1.29, 1.82) is 0 Å². The summed E-state index contributed by atoms with van der Waals surface area (Å²) in [4.78, 5) is 41.9. The first-order chi connectivity index (χ1) is 26.8. The first-order valence-corrected chi connectivity index (χ1v) is 18.5. The fourth-order valence-electron chi connectivity index (χ4n) is 7.07. The summed E-state index contributed by atoms with van der Waals surface area (Å²) >= 11 is 0. The fraction of sp³-hybridized carbons (Fsp3) is 0.267. The van der Waals surface area contributed by atoms with Crippen molar-refractivity contribution in [3.8, 4) is 11.1 Å². The molecule has 10 nitrogen and oxygen atoms in total. The van der Waals surface area contributed by atoms with Gasteiger partial charge in [0.15, 0.2) is 6.29 Å². The molecule has 3 amide bonds. The molecule has 2 saturated heterocycles. The number of benzene rings is 5. The molecule has 5 aromatic carbocycles. The molecular weight excluding hydrogens is 695 g/mol. The minimum absolute atomic E-state index is 0.0138. The molecule has 2 heterocycles. The Morgan fingerprint density at radius 2 is 1.45 bits per heavy atom. The second-order valence-corrected chi connectivity index (χ2v) is 14.1. The van der Waals surface area contributed by atoms with E-state index in [0.717, 1.165) is 52.0 Å². The molecule has 10 heteroatoms. The number of likely N-dealkylation sites (tertiary alicyclic amines) is 1. The zero-order valence-corrected chi connectivity index (χ0v) is 30.8. The van der Waals surface area contributed by atoms with E-state index in [4.69, 9.17) is 14.2 Å². The Morgan fingerprint density at radius 1 is 0.782 bits per heavy atom. The van der Waals surface area contributed by atoms with Crippen LogP contribution < -0.4 is 5.32 Å². The number of amides is 3. The van der Waals surface area contributed by atoms with Crippen molar-refractivity contribution in [2.45, 2.75) is 63.7 Å². The molecule has 2 aliphatic heterocycles. The smallest absolute Gasteiger partial charge is 0.408 e. The molecule has 0 saturated carbocycles. The zero-order chi connectivity index (χ0) is 38.1. The van der Waals surface area contributed by atoms with Gasteiger partial charge in [0.1, 0.15) is 12.6 Å². The lowest BCUT2D eigenvalue weighted by Crippen LogP contribution is -2.41. The van der Waals surface area contributed by atoms with Gasteiger partial charge in [-0.1, -0.05) is 127 Å². The number of imide groups is 1. The lowest BCUT2D eigenvalue weighted by molar-refractivity contribution is -0.252. The van der Waals surface area contributed by atoms with Crippen LogP contribution in [0.3, 0.4) is 0 Å². The molecule has 4 unspecified atom stereocenters. The molecule has 0 radical (unpaired) electrons. The zero-order valence-electron chi connectivity index (χ0n) is 30.8. The number of ether oxygens (including phenoxy) is 3. The quantitative estimate of drug-likeness (QED) is 0.123. The number of aliphatic hydroxyl groups excluding tert-OH is 1. The van der Waals surface area contributed by atoms with E-state index in [9.17, 15) is 19.5 Å². The van der Waals surface area contributed by atoms with Crippen molar-refractivity contribution >= 4 is 17.9 Å². The van der Waals surface area contributed by atoms with E-state index in [1.54, 1.807) is 0 Å². The highest BCUT2D eigenvalue weighted by Crippen LogP contribution is 2.39. The van der Waals surface area contributed by atoms with Gasteiger partial charge >= 0.3 is 6.09 Å². The minimum Gasteiger partial charge on any atom is -0.445 e. The van der Waals surface area contributed by atoms with Crippen LogP contribution in [0.25, 0.3) is 11.1 Å². The lowest BCUT2D eigenvalue weighted by Gasteiger charge is -2.38. The van der Waals surface area contributed by atoms with Crippen LogP contribution in [0.4, 0.5) is 4.79 Å². The van der Waals surface area contributed by atoms with Gasteiger partial charge in [-0.3, -0.25) is 19.4 Å². The summed E-state index contributed by atoms with van der Waals surface area (Å²) in [5.41, 5.74) is 7.50. The van der Waals surface area contributed by atoms with Gasteiger partial charge in [0, 0.05) is 25.1 Å². The highest BCUT2D eigenvalue weighted by atomic mass is 16.7. The molecule has 2 fully saturated rings. The topological polar surface area (TPSA) is 118 Å². The number of rotatable bonds is 13. The van der Waals surface area contributed by atoms with Gasteiger partial charge in [-0.25, -0.2) is 4.79 Å². The Hall–Kier alpha value is -5.65. The number of nitrogens with one attached hydrogen (secondary N) is 1. The minimum atomic E-state index is -0.973. The van der Waals surface area contributed by atoms with Crippen LogP contribution in [-0.4, -0.2) is 58.6 Å². The molecule has 0 bridgehead atoms. The number of hydrogen-bond donors (Lipinski definition) is 2. The van der Waals surface area contributed by atoms with E-state index in [2.05, 4.69) is 41.5 Å². The van der Waals surface area contributed by atoms with E-state index < -0.39 is 24.3 Å². The number of alkyl carbamates (subject to hydrolysis) is 1. The maximum atomic E-state index is 13.2. The molecule has 5 aromatic rings. The van der Waals surface area contributed by atoms with Crippen LogP contribution in [0.5, 0.6) is 0 Å².